The number of benzene rings is 1. The average molecular weight is 453 g/mol. The van der Waals surface area contributed by atoms with Crippen LogP contribution in [0.3, 0.4) is 0 Å². The van der Waals surface area contributed by atoms with Gasteiger partial charge in [0.25, 0.3) is 5.91 Å². The van der Waals surface area contributed by atoms with E-state index in [0.29, 0.717) is 25.4 Å². The van der Waals surface area contributed by atoms with Gasteiger partial charge in [-0.25, -0.2) is 4.79 Å². The SMILES string of the molecule is CSC[C@H](C)N1CCC2(CC1)C(=O)N(Cc1ccccn1)C(=O)N2CCc1ccccc1. The number of hydrogen-bond acceptors (Lipinski definition) is 5. The molecule has 0 saturated carbocycles. The first-order chi connectivity index (χ1) is 15.5. The minimum absolute atomic E-state index is 0.0571. The normalized spacial score (nSPS) is 19.7. The van der Waals surface area contributed by atoms with Gasteiger partial charge in [-0.2, -0.15) is 11.8 Å². The molecule has 1 aromatic heterocycles. The minimum Gasteiger partial charge on any atom is -0.309 e. The Hall–Kier alpha value is -2.38. The Bertz CT molecular complexity index is 916. The van der Waals surface area contributed by atoms with Gasteiger partial charge in [0.2, 0.25) is 0 Å². The number of imide groups is 1. The number of likely N-dealkylation sites (tertiary alicyclic amines) is 1. The van der Waals surface area contributed by atoms with Crippen molar-refractivity contribution < 1.29 is 9.59 Å². The van der Waals surface area contributed by atoms with E-state index in [1.54, 1.807) is 6.20 Å². The van der Waals surface area contributed by atoms with Crippen LogP contribution in [-0.2, 0) is 17.8 Å². The Kier molecular flexibility index (Phi) is 7.16. The molecule has 0 bridgehead atoms. The summed E-state index contributed by atoms with van der Waals surface area (Å²) in [7, 11) is 0. The van der Waals surface area contributed by atoms with Crippen LogP contribution in [-0.4, -0.2) is 74.8 Å². The van der Waals surface area contributed by atoms with Crippen LogP contribution in [0.15, 0.2) is 54.7 Å². The highest BCUT2D eigenvalue weighted by molar-refractivity contribution is 7.98. The van der Waals surface area contributed by atoms with Crippen LogP contribution in [0.4, 0.5) is 4.79 Å². The molecule has 6 nitrogen and oxygen atoms in total. The van der Waals surface area contributed by atoms with Crippen LogP contribution in [0.1, 0.15) is 31.0 Å². The Morgan fingerprint density at radius 2 is 1.78 bits per heavy atom. The quantitative estimate of drug-likeness (QED) is 0.572. The lowest BCUT2D eigenvalue weighted by Gasteiger charge is -2.44. The lowest BCUT2D eigenvalue weighted by molar-refractivity contribution is -0.136. The summed E-state index contributed by atoms with van der Waals surface area (Å²) in [4.78, 5) is 37.3. The molecule has 2 aromatic rings. The van der Waals surface area contributed by atoms with E-state index in [0.717, 1.165) is 31.0 Å². The Morgan fingerprint density at radius 1 is 1.06 bits per heavy atom. The fourth-order valence-corrected chi connectivity index (χ4v) is 5.63. The van der Waals surface area contributed by atoms with Crippen molar-refractivity contribution in [3.8, 4) is 0 Å². The third kappa shape index (κ3) is 4.55. The van der Waals surface area contributed by atoms with Gasteiger partial charge in [-0.3, -0.25) is 19.6 Å². The second-order valence-corrected chi connectivity index (χ2v) is 9.66. The second-order valence-electron chi connectivity index (χ2n) is 8.75. The summed E-state index contributed by atoms with van der Waals surface area (Å²) in [6.45, 7) is 4.69. The molecule has 2 aliphatic heterocycles. The van der Waals surface area contributed by atoms with Crippen molar-refractivity contribution in [2.75, 3.05) is 31.6 Å². The van der Waals surface area contributed by atoms with Gasteiger partial charge in [0.05, 0.1) is 12.2 Å². The highest BCUT2D eigenvalue weighted by atomic mass is 32.2. The van der Waals surface area contributed by atoms with Gasteiger partial charge < -0.3 is 4.90 Å². The van der Waals surface area contributed by atoms with Crippen LogP contribution in [0, 0.1) is 0 Å². The number of pyridine rings is 1. The van der Waals surface area contributed by atoms with E-state index in [9.17, 15) is 9.59 Å². The van der Waals surface area contributed by atoms with Gasteiger partial charge in [0, 0.05) is 37.6 Å². The van der Waals surface area contributed by atoms with Crippen molar-refractivity contribution in [1.29, 1.82) is 0 Å². The molecule has 0 radical (unpaired) electrons. The lowest BCUT2D eigenvalue weighted by Crippen LogP contribution is -2.58. The van der Waals surface area contributed by atoms with Crippen LogP contribution in [0.2, 0.25) is 0 Å². The number of carbonyl (C=O) groups excluding carboxylic acids is 2. The number of thioether (sulfide) groups is 1. The summed E-state index contributed by atoms with van der Waals surface area (Å²) in [5, 5.41) is 0. The van der Waals surface area contributed by atoms with Crippen molar-refractivity contribution in [1.82, 2.24) is 19.7 Å². The molecule has 2 fully saturated rings. The van der Waals surface area contributed by atoms with E-state index >= 15 is 0 Å². The molecule has 7 heteroatoms. The molecule has 32 heavy (non-hydrogen) atoms. The molecule has 3 heterocycles. The van der Waals surface area contributed by atoms with E-state index in [4.69, 9.17) is 0 Å². The number of urea groups is 1. The smallest absolute Gasteiger partial charge is 0.309 e. The van der Waals surface area contributed by atoms with Crippen LogP contribution in [0.25, 0.3) is 0 Å². The van der Waals surface area contributed by atoms with E-state index in [1.165, 1.54) is 10.5 Å². The predicted octanol–water partition coefficient (Wildman–Crippen LogP) is 3.67. The average Bonchev–Trinajstić information content (AvgIpc) is 3.01. The molecular weight excluding hydrogens is 420 g/mol. The molecular formula is C25H32N4O2S. The van der Waals surface area contributed by atoms with E-state index in [1.807, 2.05) is 53.1 Å². The largest absolute Gasteiger partial charge is 0.328 e. The summed E-state index contributed by atoms with van der Waals surface area (Å²) in [6.07, 6.45) is 5.94. The predicted molar refractivity (Wildman–Crippen MR) is 128 cm³/mol. The number of hydrogen-bond donors (Lipinski definition) is 0. The monoisotopic (exact) mass is 452 g/mol. The number of aromatic nitrogens is 1. The fourth-order valence-electron chi connectivity index (χ4n) is 4.94. The first-order valence-electron chi connectivity index (χ1n) is 11.4. The number of piperidine rings is 1. The van der Waals surface area contributed by atoms with E-state index in [-0.39, 0.29) is 18.5 Å². The van der Waals surface area contributed by atoms with E-state index < -0.39 is 5.54 Å². The minimum atomic E-state index is -0.740. The molecule has 2 saturated heterocycles. The van der Waals surface area contributed by atoms with Crippen molar-refractivity contribution in [2.24, 2.45) is 0 Å². The first kappa shape index (κ1) is 22.8. The molecule has 0 aliphatic carbocycles. The summed E-state index contributed by atoms with van der Waals surface area (Å²) in [5.74, 6) is 1.02. The molecule has 1 aromatic carbocycles. The molecule has 0 N–H and O–H groups in total. The topological polar surface area (TPSA) is 56.8 Å². The standard InChI is InChI=1S/C25H32N4O2S/c1-20(19-32-2)27-16-12-25(13-17-27)23(30)28(18-22-10-6-7-14-26-22)24(31)29(25)15-11-21-8-4-3-5-9-21/h3-10,14,20H,11-13,15-19H2,1-2H3/t20-/m0/s1. The number of nitrogens with zero attached hydrogens (tertiary/aromatic N) is 4. The molecule has 1 spiro atoms. The Labute approximate surface area is 195 Å². The molecule has 0 unspecified atom stereocenters. The maximum atomic E-state index is 13.7. The summed E-state index contributed by atoms with van der Waals surface area (Å²) in [5.41, 5.74) is 1.17. The van der Waals surface area contributed by atoms with Gasteiger partial charge in [-0.1, -0.05) is 36.4 Å². The highest BCUT2D eigenvalue weighted by Gasteiger charge is 2.57. The maximum Gasteiger partial charge on any atom is 0.328 e. The molecule has 3 amide bonds. The lowest BCUT2D eigenvalue weighted by atomic mass is 9.85. The molecule has 4 rings (SSSR count). The fraction of sp³-hybridized carbons (Fsp3) is 0.480. The number of amides is 3. The maximum absolute atomic E-state index is 13.7. The van der Waals surface area contributed by atoms with Crippen LogP contribution >= 0.6 is 11.8 Å². The van der Waals surface area contributed by atoms with Gasteiger partial charge in [-0.15, -0.1) is 0 Å². The highest BCUT2D eigenvalue weighted by Crippen LogP contribution is 2.38. The zero-order valence-corrected chi connectivity index (χ0v) is 19.8. The summed E-state index contributed by atoms with van der Waals surface area (Å²) >= 11 is 1.85. The van der Waals surface area contributed by atoms with Gasteiger partial charge in [0.15, 0.2) is 0 Å². The number of carbonyl (C=O) groups is 2. The van der Waals surface area contributed by atoms with Gasteiger partial charge >= 0.3 is 6.03 Å². The Balaban J connectivity index is 1.56. The molecule has 1 atom stereocenters. The zero-order chi connectivity index (χ0) is 22.6. The second kappa shape index (κ2) is 10.0. The number of rotatable bonds is 8. The molecule has 2 aliphatic rings. The third-order valence-electron chi connectivity index (χ3n) is 6.79. The third-order valence-corrected chi connectivity index (χ3v) is 7.61. The molecule has 170 valence electrons. The van der Waals surface area contributed by atoms with Crippen molar-refractivity contribution in [3.63, 3.8) is 0 Å². The van der Waals surface area contributed by atoms with Gasteiger partial charge in [-0.05, 0) is 50.1 Å². The van der Waals surface area contributed by atoms with Gasteiger partial charge in [0.1, 0.15) is 5.54 Å². The van der Waals surface area contributed by atoms with Crippen molar-refractivity contribution in [2.45, 2.75) is 44.3 Å². The first-order valence-corrected chi connectivity index (χ1v) is 12.7. The van der Waals surface area contributed by atoms with E-state index in [2.05, 4.69) is 35.2 Å². The van der Waals surface area contributed by atoms with Crippen LogP contribution < -0.4 is 0 Å². The van der Waals surface area contributed by atoms with Crippen molar-refractivity contribution in [3.05, 3.63) is 66.0 Å². The Morgan fingerprint density at radius 3 is 2.44 bits per heavy atom. The van der Waals surface area contributed by atoms with Crippen molar-refractivity contribution >= 4 is 23.7 Å². The summed E-state index contributed by atoms with van der Waals surface area (Å²) < 4.78 is 0. The zero-order valence-electron chi connectivity index (χ0n) is 18.9. The van der Waals surface area contributed by atoms with Crippen LogP contribution in [0.5, 0.6) is 0 Å². The summed E-state index contributed by atoms with van der Waals surface area (Å²) in [6, 6.07) is 16.1.